The highest BCUT2D eigenvalue weighted by atomic mass is 16.3. The Kier molecular flexibility index (Phi) is 6.55. The smallest absolute Gasteiger partial charge is 0.258 e. The molecule has 2 unspecified atom stereocenters. The Labute approximate surface area is 166 Å². The Morgan fingerprint density at radius 2 is 2.00 bits per heavy atom. The van der Waals surface area contributed by atoms with Crippen molar-refractivity contribution in [3.05, 3.63) is 42.0 Å². The van der Waals surface area contributed by atoms with Gasteiger partial charge in [-0.05, 0) is 37.6 Å². The van der Waals surface area contributed by atoms with Gasteiger partial charge >= 0.3 is 0 Å². The van der Waals surface area contributed by atoms with E-state index in [1.807, 2.05) is 31.2 Å². The highest BCUT2D eigenvalue weighted by Crippen LogP contribution is 2.31. The second kappa shape index (κ2) is 9.09. The van der Waals surface area contributed by atoms with Crippen molar-refractivity contribution in [1.29, 1.82) is 0 Å². The number of unbranched alkanes of at least 4 members (excludes halogenated alkanes) is 2. The molecule has 1 fully saturated rings. The van der Waals surface area contributed by atoms with Crippen LogP contribution in [-0.2, 0) is 4.79 Å². The van der Waals surface area contributed by atoms with Crippen LogP contribution < -0.4 is 5.32 Å². The molecule has 3 rings (SSSR count). The van der Waals surface area contributed by atoms with E-state index >= 15 is 0 Å². The van der Waals surface area contributed by atoms with Gasteiger partial charge in [0, 0.05) is 18.0 Å². The van der Waals surface area contributed by atoms with Crippen molar-refractivity contribution in [2.75, 3.05) is 6.54 Å². The number of nitrogens with zero attached hydrogens (tertiary/aromatic N) is 1. The lowest BCUT2D eigenvalue weighted by molar-refractivity contribution is -0.125. The van der Waals surface area contributed by atoms with Crippen molar-refractivity contribution in [2.24, 2.45) is 0 Å². The summed E-state index contributed by atoms with van der Waals surface area (Å²) in [6.07, 6.45) is 5.81. The number of amides is 2. The van der Waals surface area contributed by atoms with Crippen LogP contribution in [0.2, 0.25) is 0 Å². The first-order valence-corrected chi connectivity index (χ1v) is 10.3. The van der Waals surface area contributed by atoms with Crippen LogP contribution in [0.25, 0.3) is 10.8 Å². The Bertz CT molecular complexity index is 849. The van der Waals surface area contributed by atoms with Gasteiger partial charge in [-0.2, -0.15) is 0 Å². The Morgan fingerprint density at radius 1 is 1.21 bits per heavy atom. The molecule has 5 heteroatoms. The van der Waals surface area contributed by atoms with Gasteiger partial charge in [-0.25, -0.2) is 0 Å². The maximum Gasteiger partial charge on any atom is 0.258 e. The second-order valence-electron chi connectivity index (χ2n) is 7.74. The zero-order chi connectivity index (χ0) is 20.1. The zero-order valence-corrected chi connectivity index (χ0v) is 16.8. The summed E-state index contributed by atoms with van der Waals surface area (Å²) in [5.74, 6) is -0.378. The van der Waals surface area contributed by atoms with E-state index < -0.39 is 6.04 Å². The first-order valence-electron chi connectivity index (χ1n) is 10.3. The molecule has 2 amide bonds. The van der Waals surface area contributed by atoms with Crippen LogP contribution in [-0.4, -0.2) is 40.4 Å². The summed E-state index contributed by atoms with van der Waals surface area (Å²) >= 11 is 0. The number of carbonyl (C=O) groups is 2. The quantitative estimate of drug-likeness (QED) is 0.704. The molecule has 28 heavy (non-hydrogen) atoms. The standard InChI is InChI=1S/C23H30N2O3/c1-3-4-5-9-16(2)24-22(27)20-12-8-15-25(20)23(28)19-14-13-17-10-6-7-11-18(17)21(19)26/h6-7,10-11,13-14,16,20,26H,3-5,8-9,12,15H2,1-2H3,(H,24,27). The van der Waals surface area contributed by atoms with Crippen LogP contribution in [0.3, 0.4) is 0 Å². The number of benzene rings is 2. The van der Waals surface area contributed by atoms with Crippen molar-refractivity contribution in [3.8, 4) is 5.75 Å². The maximum absolute atomic E-state index is 13.1. The van der Waals surface area contributed by atoms with E-state index in [0.717, 1.165) is 37.5 Å². The Balaban J connectivity index is 1.73. The first-order chi connectivity index (χ1) is 13.5. The summed E-state index contributed by atoms with van der Waals surface area (Å²) in [5.41, 5.74) is 0.259. The number of phenols is 1. The largest absolute Gasteiger partial charge is 0.506 e. The van der Waals surface area contributed by atoms with Crippen molar-refractivity contribution in [2.45, 2.75) is 64.5 Å². The van der Waals surface area contributed by atoms with Crippen molar-refractivity contribution in [1.82, 2.24) is 10.2 Å². The summed E-state index contributed by atoms with van der Waals surface area (Å²) in [4.78, 5) is 27.5. The number of likely N-dealkylation sites (tertiary alicyclic amines) is 1. The Morgan fingerprint density at radius 3 is 2.79 bits per heavy atom. The number of aromatic hydroxyl groups is 1. The predicted molar refractivity (Wildman–Crippen MR) is 111 cm³/mol. The van der Waals surface area contributed by atoms with Crippen molar-refractivity contribution >= 4 is 22.6 Å². The van der Waals surface area contributed by atoms with E-state index in [0.29, 0.717) is 18.4 Å². The molecule has 0 spiro atoms. The molecule has 5 nitrogen and oxygen atoms in total. The number of hydrogen-bond acceptors (Lipinski definition) is 3. The zero-order valence-electron chi connectivity index (χ0n) is 16.8. The van der Waals surface area contributed by atoms with E-state index in [1.54, 1.807) is 17.0 Å². The fourth-order valence-corrected chi connectivity index (χ4v) is 3.98. The minimum absolute atomic E-state index is 0.0120. The van der Waals surface area contributed by atoms with Gasteiger partial charge in [0.05, 0.1) is 5.56 Å². The normalized spacial score (nSPS) is 17.6. The van der Waals surface area contributed by atoms with E-state index in [9.17, 15) is 14.7 Å². The minimum atomic E-state index is -0.466. The molecule has 2 N–H and O–H groups in total. The third-order valence-electron chi connectivity index (χ3n) is 5.58. The van der Waals surface area contributed by atoms with Gasteiger partial charge in [0.2, 0.25) is 5.91 Å². The second-order valence-corrected chi connectivity index (χ2v) is 7.74. The van der Waals surface area contributed by atoms with E-state index in [4.69, 9.17) is 0 Å². The van der Waals surface area contributed by atoms with E-state index in [-0.39, 0.29) is 29.2 Å². The lowest BCUT2D eigenvalue weighted by Gasteiger charge is -2.26. The number of fused-ring (bicyclic) bond motifs is 1. The molecule has 1 aliphatic heterocycles. The van der Waals surface area contributed by atoms with Gasteiger partial charge in [0.15, 0.2) is 0 Å². The SMILES string of the molecule is CCCCCC(C)NC(=O)C1CCCN1C(=O)c1ccc2ccccc2c1O. The van der Waals surface area contributed by atoms with Gasteiger partial charge in [0.1, 0.15) is 11.8 Å². The third-order valence-corrected chi connectivity index (χ3v) is 5.58. The van der Waals surface area contributed by atoms with E-state index in [1.165, 1.54) is 0 Å². The fourth-order valence-electron chi connectivity index (χ4n) is 3.98. The van der Waals surface area contributed by atoms with Crippen molar-refractivity contribution < 1.29 is 14.7 Å². The van der Waals surface area contributed by atoms with Crippen LogP contribution in [0, 0.1) is 0 Å². The Hall–Kier alpha value is -2.56. The van der Waals surface area contributed by atoms with Gasteiger partial charge in [-0.3, -0.25) is 9.59 Å². The molecule has 0 saturated carbocycles. The molecule has 1 heterocycles. The summed E-state index contributed by atoms with van der Waals surface area (Å²) in [5, 5.41) is 15.2. The van der Waals surface area contributed by atoms with Gasteiger partial charge in [-0.1, -0.05) is 56.5 Å². The number of carbonyl (C=O) groups excluding carboxylic acids is 2. The van der Waals surface area contributed by atoms with Crippen molar-refractivity contribution in [3.63, 3.8) is 0 Å². The lowest BCUT2D eigenvalue weighted by atomic mass is 10.0. The number of hydrogen-bond donors (Lipinski definition) is 2. The molecule has 0 aliphatic carbocycles. The summed E-state index contributed by atoms with van der Waals surface area (Å²) in [7, 11) is 0. The summed E-state index contributed by atoms with van der Waals surface area (Å²) < 4.78 is 0. The molecule has 0 aromatic heterocycles. The molecule has 0 radical (unpaired) electrons. The molecular formula is C23H30N2O3. The molecule has 0 bridgehead atoms. The topological polar surface area (TPSA) is 69.6 Å². The van der Waals surface area contributed by atoms with Crippen LogP contribution in [0.4, 0.5) is 0 Å². The van der Waals surface area contributed by atoms with Crippen LogP contribution in [0.15, 0.2) is 36.4 Å². The highest BCUT2D eigenvalue weighted by Gasteiger charge is 2.35. The molecular weight excluding hydrogens is 352 g/mol. The first kappa shape index (κ1) is 20.2. The summed E-state index contributed by atoms with van der Waals surface area (Å²) in [6, 6.07) is 10.6. The van der Waals surface area contributed by atoms with Gasteiger partial charge in [0.25, 0.3) is 5.91 Å². The number of phenolic OH excluding ortho intramolecular Hbond substituents is 1. The average molecular weight is 383 g/mol. The predicted octanol–water partition coefficient (Wildman–Crippen LogP) is 4.24. The molecule has 2 aromatic carbocycles. The molecule has 1 saturated heterocycles. The van der Waals surface area contributed by atoms with Gasteiger partial charge in [-0.15, -0.1) is 0 Å². The average Bonchev–Trinajstić information content (AvgIpc) is 3.18. The molecule has 2 atom stereocenters. The summed E-state index contributed by atoms with van der Waals surface area (Å²) in [6.45, 7) is 4.71. The van der Waals surface area contributed by atoms with Crippen LogP contribution >= 0.6 is 0 Å². The van der Waals surface area contributed by atoms with Gasteiger partial charge < -0.3 is 15.3 Å². The van der Waals surface area contributed by atoms with Crippen LogP contribution in [0.1, 0.15) is 62.7 Å². The maximum atomic E-state index is 13.1. The fraction of sp³-hybridized carbons (Fsp3) is 0.478. The highest BCUT2D eigenvalue weighted by molar-refractivity contribution is 6.05. The molecule has 1 aliphatic rings. The molecule has 150 valence electrons. The monoisotopic (exact) mass is 382 g/mol. The van der Waals surface area contributed by atoms with E-state index in [2.05, 4.69) is 12.2 Å². The van der Waals surface area contributed by atoms with Crippen LogP contribution in [0.5, 0.6) is 5.75 Å². The number of rotatable bonds is 7. The third kappa shape index (κ3) is 4.29. The minimum Gasteiger partial charge on any atom is -0.506 e. The number of nitrogens with one attached hydrogen (secondary N) is 1. The molecule has 2 aromatic rings. The lowest BCUT2D eigenvalue weighted by Crippen LogP contribution is -2.48.